The maximum absolute atomic E-state index is 4.43. The quantitative estimate of drug-likeness (QED) is 0.389. The third-order valence-electron chi connectivity index (χ3n) is 5.09. The summed E-state index contributed by atoms with van der Waals surface area (Å²) < 4.78 is 1.14. The number of rotatable bonds is 7. The number of nitrogens with one attached hydrogen (secondary N) is 2. The second-order valence-electron chi connectivity index (χ2n) is 7.25. The molecule has 150 valence electrons. The molecule has 2 aromatic rings. The molecule has 1 aromatic carbocycles. The number of halogens is 1. The van der Waals surface area contributed by atoms with Crippen LogP contribution in [0.1, 0.15) is 30.5 Å². The lowest BCUT2D eigenvalue weighted by atomic mass is 10.0. The monoisotopic (exact) mass is 443 g/mol. The third kappa shape index (κ3) is 6.91. The third-order valence-corrected chi connectivity index (χ3v) is 5.58. The maximum atomic E-state index is 4.43. The van der Waals surface area contributed by atoms with E-state index in [9.17, 15) is 0 Å². The van der Waals surface area contributed by atoms with Crippen LogP contribution in [0.2, 0.25) is 0 Å². The topological polar surface area (TPSA) is 52.6 Å². The van der Waals surface area contributed by atoms with Crippen molar-refractivity contribution in [2.45, 2.75) is 38.3 Å². The summed E-state index contributed by atoms with van der Waals surface area (Å²) in [4.78, 5) is 11.3. The lowest BCUT2D eigenvalue weighted by Gasteiger charge is -2.32. The van der Waals surface area contributed by atoms with Crippen LogP contribution in [0.4, 0.5) is 0 Å². The molecular formula is C22H30BrN5. The molecule has 0 amide bonds. The van der Waals surface area contributed by atoms with Crippen molar-refractivity contribution in [1.82, 2.24) is 20.5 Å². The van der Waals surface area contributed by atoms with Crippen molar-refractivity contribution in [3.8, 4) is 0 Å². The molecule has 6 heteroatoms. The standard InChI is InChI=1S/C22H30BrN5/c1-24-22(26-13-5-7-18-6-4-8-19(23)16-18)27-20-10-14-28(15-11-20)17-21-9-2-3-12-25-21/h2-4,6,8-9,12,16,20H,5,7,10-11,13-15,17H2,1H3,(H2,24,26,27). The van der Waals surface area contributed by atoms with Crippen LogP contribution in [-0.2, 0) is 13.0 Å². The predicted molar refractivity (Wildman–Crippen MR) is 119 cm³/mol. The lowest BCUT2D eigenvalue weighted by Crippen LogP contribution is -2.48. The fraction of sp³-hybridized carbons (Fsp3) is 0.455. The second-order valence-corrected chi connectivity index (χ2v) is 8.16. The highest BCUT2D eigenvalue weighted by Gasteiger charge is 2.20. The van der Waals surface area contributed by atoms with Gasteiger partial charge in [0.25, 0.3) is 0 Å². The molecule has 0 radical (unpaired) electrons. The van der Waals surface area contributed by atoms with Gasteiger partial charge in [0, 0.05) is 49.9 Å². The Labute approximate surface area is 176 Å². The van der Waals surface area contributed by atoms with Crippen LogP contribution in [0.3, 0.4) is 0 Å². The van der Waals surface area contributed by atoms with Crippen LogP contribution in [0.15, 0.2) is 58.1 Å². The van der Waals surface area contributed by atoms with E-state index in [0.717, 1.165) is 68.0 Å². The number of hydrogen-bond acceptors (Lipinski definition) is 3. The number of hydrogen-bond donors (Lipinski definition) is 2. The van der Waals surface area contributed by atoms with Gasteiger partial charge < -0.3 is 10.6 Å². The van der Waals surface area contributed by atoms with E-state index in [2.05, 4.69) is 77.8 Å². The van der Waals surface area contributed by atoms with E-state index in [4.69, 9.17) is 0 Å². The van der Waals surface area contributed by atoms with Crippen molar-refractivity contribution < 1.29 is 0 Å². The van der Waals surface area contributed by atoms with Gasteiger partial charge in [0.15, 0.2) is 5.96 Å². The highest BCUT2D eigenvalue weighted by atomic mass is 79.9. The van der Waals surface area contributed by atoms with E-state index in [-0.39, 0.29) is 0 Å². The normalized spacial score (nSPS) is 16.1. The zero-order chi connectivity index (χ0) is 19.6. The summed E-state index contributed by atoms with van der Waals surface area (Å²) in [5.41, 5.74) is 2.51. The number of aromatic nitrogens is 1. The summed E-state index contributed by atoms with van der Waals surface area (Å²) in [5.74, 6) is 0.914. The molecule has 1 aromatic heterocycles. The second kappa shape index (κ2) is 11.2. The number of nitrogens with zero attached hydrogens (tertiary/aromatic N) is 3. The first-order valence-corrected chi connectivity index (χ1v) is 10.9. The molecule has 1 aliphatic rings. The summed E-state index contributed by atoms with van der Waals surface area (Å²) in [5, 5.41) is 7.04. The van der Waals surface area contributed by atoms with Gasteiger partial charge in [-0.1, -0.05) is 34.1 Å². The van der Waals surface area contributed by atoms with Crippen molar-refractivity contribution in [1.29, 1.82) is 0 Å². The molecule has 0 bridgehead atoms. The first-order valence-electron chi connectivity index (χ1n) is 10.1. The molecule has 0 saturated carbocycles. The molecule has 28 heavy (non-hydrogen) atoms. The molecule has 0 spiro atoms. The number of guanidine groups is 1. The Morgan fingerprint density at radius 3 is 2.79 bits per heavy atom. The Kier molecular flexibility index (Phi) is 8.30. The van der Waals surface area contributed by atoms with Crippen molar-refractivity contribution >= 4 is 21.9 Å². The van der Waals surface area contributed by atoms with E-state index in [1.54, 1.807) is 0 Å². The Hall–Kier alpha value is -1.92. The largest absolute Gasteiger partial charge is 0.356 e. The summed E-state index contributed by atoms with van der Waals surface area (Å²) in [6.07, 6.45) is 6.28. The number of pyridine rings is 1. The van der Waals surface area contributed by atoms with E-state index in [0.29, 0.717) is 6.04 Å². The van der Waals surface area contributed by atoms with Crippen molar-refractivity contribution in [2.75, 3.05) is 26.7 Å². The van der Waals surface area contributed by atoms with Gasteiger partial charge >= 0.3 is 0 Å². The maximum Gasteiger partial charge on any atom is 0.191 e. The van der Waals surface area contributed by atoms with Crippen LogP contribution >= 0.6 is 15.9 Å². The zero-order valence-electron chi connectivity index (χ0n) is 16.6. The van der Waals surface area contributed by atoms with Gasteiger partial charge in [0.2, 0.25) is 0 Å². The minimum absolute atomic E-state index is 0.483. The van der Waals surface area contributed by atoms with Crippen LogP contribution in [0.5, 0.6) is 0 Å². The average Bonchev–Trinajstić information content (AvgIpc) is 2.72. The van der Waals surface area contributed by atoms with E-state index in [1.807, 2.05) is 19.3 Å². The molecular weight excluding hydrogens is 414 g/mol. The highest BCUT2D eigenvalue weighted by molar-refractivity contribution is 9.10. The number of aliphatic imine (C=N–C) groups is 1. The Morgan fingerprint density at radius 2 is 2.07 bits per heavy atom. The first kappa shape index (κ1) is 20.8. The first-order chi connectivity index (χ1) is 13.7. The minimum atomic E-state index is 0.483. The molecule has 1 aliphatic heterocycles. The lowest BCUT2D eigenvalue weighted by molar-refractivity contribution is 0.196. The number of piperidine rings is 1. The fourth-order valence-corrected chi connectivity index (χ4v) is 3.98. The summed E-state index contributed by atoms with van der Waals surface area (Å²) in [7, 11) is 1.85. The Balaban J connectivity index is 1.34. The highest BCUT2D eigenvalue weighted by Crippen LogP contribution is 2.14. The Morgan fingerprint density at radius 1 is 1.21 bits per heavy atom. The van der Waals surface area contributed by atoms with E-state index in [1.165, 1.54) is 5.56 Å². The van der Waals surface area contributed by atoms with Crippen molar-refractivity contribution in [3.63, 3.8) is 0 Å². The smallest absolute Gasteiger partial charge is 0.191 e. The number of aryl methyl sites for hydroxylation is 1. The van der Waals surface area contributed by atoms with Gasteiger partial charge in [-0.15, -0.1) is 0 Å². The molecule has 3 rings (SSSR count). The van der Waals surface area contributed by atoms with E-state index < -0.39 is 0 Å². The fourth-order valence-electron chi connectivity index (χ4n) is 3.54. The van der Waals surface area contributed by atoms with Gasteiger partial charge in [-0.3, -0.25) is 14.9 Å². The van der Waals surface area contributed by atoms with Gasteiger partial charge in [0.05, 0.1) is 5.69 Å². The predicted octanol–water partition coefficient (Wildman–Crippen LogP) is 3.61. The zero-order valence-corrected chi connectivity index (χ0v) is 18.2. The van der Waals surface area contributed by atoms with Gasteiger partial charge in [0.1, 0.15) is 0 Å². The van der Waals surface area contributed by atoms with Crippen LogP contribution in [-0.4, -0.2) is 48.6 Å². The van der Waals surface area contributed by atoms with Crippen LogP contribution in [0.25, 0.3) is 0 Å². The van der Waals surface area contributed by atoms with Crippen LogP contribution < -0.4 is 10.6 Å². The number of likely N-dealkylation sites (tertiary alicyclic amines) is 1. The van der Waals surface area contributed by atoms with E-state index >= 15 is 0 Å². The average molecular weight is 444 g/mol. The molecule has 2 N–H and O–H groups in total. The summed E-state index contributed by atoms with van der Waals surface area (Å²) in [6, 6.07) is 15.1. The minimum Gasteiger partial charge on any atom is -0.356 e. The summed E-state index contributed by atoms with van der Waals surface area (Å²) in [6.45, 7) is 4.04. The molecule has 5 nitrogen and oxygen atoms in total. The van der Waals surface area contributed by atoms with Gasteiger partial charge in [-0.25, -0.2) is 0 Å². The molecule has 0 aliphatic carbocycles. The van der Waals surface area contributed by atoms with Crippen molar-refractivity contribution in [3.05, 3.63) is 64.4 Å². The molecule has 1 saturated heterocycles. The summed E-state index contributed by atoms with van der Waals surface area (Å²) >= 11 is 3.53. The Bertz CT molecular complexity index is 742. The number of benzene rings is 1. The molecule has 0 unspecified atom stereocenters. The van der Waals surface area contributed by atoms with Crippen molar-refractivity contribution in [2.24, 2.45) is 4.99 Å². The SMILES string of the molecule is CN=C(NCCCc1cccc(Br)c1)NC1CCN(Cc2ccccn2)CC1. The van der Waals surface area contributed by atoms with Gasteiger partial charge in [-0.05, 0) is 55.5 Å². The molecule has 1 fully saturated rings. The molecule has 2 heterocycles. The molecule has 0 atom stereocenters. The van der Waals surface area contributed by atoms with Gasteiger partial charge in [-0.2, -0.15) is 0 Å². The van der Waals surface area contributed by atoms with Crippen LogP contribution in [0, 0.1) is 0 Å².